The van der Waals surface area contributed by atoms with E-state index in [-0.39, 0.29) is 0 Å². The van der Waals surface area contributed by atoms with E-state index in [9.17, 15) is 0 Å². The minimum absolute atomic E-state index is 0.485. The van der Waals surface area contributed by atoms with Gasteiger partial charge in [0.2, 0.25) is 0 Å². The number of rotatable bonds is 5. The van der Waals surface area contributed by atoms with Crippen LogP contribution < -0.4 is 0 Å². The molecule has 0 saturated heterocycles. The Morgan fingerprint density at radius 1 is 0.189 bits per heavy atom. The Bertz CT molecular complexity index is 7270. The van der Waals surface area contributed by atoms with Gasteiger partial charge in [-0.15, -0.1) is 0 Å². The molecule has 486 valence electrons. The van der Waals surface area contributed by atoms with Crippen LogP contribution in [0.15, 0.2) is 352 Å². The first-order valence-corrected chi connectivity index (χ1v) is 36.7. The number of fused-ring (bicyclic) bond motifs is 34. The Hall–Kier alpha value is -13.8. The predicted molar refractivity (Wildman–Crippen MR) is 437 cm³/mol. The van der Waals surface area contributed by atoms with Crippen molar-refractivity contribution in [2.75, 3.05) is 0 Å². The molecule has 4 heterocycles. The molecule has 20 aromatic rings. The van der Waals surface area contributed by atoms with Crippen molar-refractivity contribution in [2.45, 2.75) is 10.8 Å². The van der Waals surface area contributed by atoms with Gasteiger partial charge in [0.05, 0.1) is 44.3 Å². The largest absolute Gasteiger partial charge is 0.254 e. The van der Waals surface area contributed by atoms with Gasteiger partial charge in [0.15, 0.2) is 0 Å². The maximum Gasteiger partial charge on any atom is 0.0978 e. The monoisotopic (exact) mass is 1340 g/mol. The van der Waals surface area contributed by atoms with Crippen LogP contribution in [0.4, 0.5) is 0 Å². The summed E-state index contributed by atoms with van der Waals surface area (Å²) in [7, 11) is 0. The summed E-state index contributed by atoms with van der Waals surface area (Å²) in [5.41, 5.74) is 34.3. The summed E-state index contributed by atoms with van der Waals surface area (Å²) < 4.78 is 0. The quantitative estimate of drug-likeness (QED) is 0.161. The first-order valence-electron chi connectivity index (χ1n) is 36.7. The van der Waals surface area contributed by atoms with Gasteiger partial charge < -0.3 is 0 Å². The molecule has 0 fully saturated rings. The smallest absolute Gasteiger partial charge is 0.0978 e. The van der Waals surface area contributed by atoms with E-state index < -0.39 is 10.8 Å². The summed E-state index contributed by atoms with van der Waals surface area (Å²) in [5.74, 6) is 0. The number of hydrogen-bond acceptors (Lipinski definition) is 4. The van der Waals surface area contributed by atoms with Crippen LogP contribution >= 0.6 is 0 Å². The van der Waals surface area contributed by atoms with Gasteiger partial charge in [-0.2, -0.15) is 0 Å². The third-order valence-corrected chi connectivity index (χ3v) is 24.3. The lowest BCUT2D eigenvalue weighted by Crippen LogP contribution is -2.26. The standard InChI is InChI=1S/C102H58N4/c1-2-22-72-59(16-1)40-49-89-93(72)82-47-38-67-54-64(35-44-74(67)95(82)101(89)85-28-9-5-23-76(85)77-24-6-10-29-86(77)101)63-17-13-18-70(55-63)92-58-84(81-46-34-61-20-15-53-104-98(61)100(81)106-92)69-36-43-73-66(57-69)41-50-90-94(73)83-48-39-68-56-65(37-45-75(68)96(83)102(90)87-30-11-7-25-78(87)79-26-8-12-31-88(79)102)71-21-3-4-27-80(71)91-51-42-62-33-32-60-19-14-52-103-97(60)99(62)105-91/h1-58H. The zero-order valence-corrected chi connectivity index (χ0v) is 57.3. The molecule has 0 atom stereocenters. The molecule has 0 radical (unpaired) electrons. The molecule has 0 amide bonds. The minimum Gasteiger partial charge on any atom is -0.254 e. The summed E-state index contributed by atoms with van der Waals surface area (Å²) in [6.07, 6.45) is 3.75. The first kappa shape index (κ1) is 57.8. The highest BCUT2D eigenvalue weighted by Gasteiger charge is 2.54. The highest BCUT2D eigenvalue weighted by atomic mass is 14.8. The molecule has 4 heteroatoms. The molecule has 4 nitrogen and oxygen atoms in total. The summed E-state index contributed by atoms with van der Waals surface area (Å²) in [4.78, 5) is 20.8. The van der Waals surface area contributed by atoms with Crippen LogP contribution in [-0.2, 0) is 10.8 Å². The van der Waals surface area contributed by atoms with E-state index in [1.54, 1.807) is 0 Å². The Labute approximate surface area is 610 Å². The number of nitrogens with zero attached hydrogens (tertiary/aromatic N) is 4. The van der Waals surface area contributed by atoms with Crippen LogP contribution in [0.25, 0.3) is 187 Å². The minimum atomic E-state index is -0.582. The van der Waals surface area contributed by atoms with Crippen molar-refractivity contribution < 1.29 is 0 Å². The molecular weight excluding hydrogens is 1280 g/mol. The SMILES string of the molecule is c1cc(-c2ccc3c4c(ccc3c2)-c2c(ccc3ccccc23)C42c3ccccc3-c3ccccc32)cc(-c2cc(-c3ccc4c5c(ccc4c3)C3(c4ccccc4-c4ccccc43)c3c-5ccc4cc(-c5ccccc5-c5ccc6ccc7cccnc7c6n5)ccc34)c3ccc4cccnc4c3n2)c1. The number of benzene rings is 16. The van der Waals surface area contributed by atoms with Crippen LogP contribution in [0.2, 0.25) is 0 Å². The second kappa shape index (κ2) is 21.4. The van der Waals surface area contributed by atoms with E-state index in [1.807, 2.05) is 24.5 Å². The zero-order valence-electron chi connectivity index (χ0n) is 57.3. The van der Waals surface area contributed by atoms with Crippen molar-refractivity contribution in [2.24, 2.45) is 0 Å². The lowest BCUT2D eigenvalue weighted by molar-refractivity contribution is 0.802. The van der Waals surface area contributed by atoms with Crippen molar-refractivity contribution in [3.63, 3.8) is 0 Å². The lowest BCUT2D eigenvalue weighted by atomic mass is 9.69. The van der Waals surface area contributed by atoms with Gasteiger partial charge in [-0.05, 0) is 214 Å². The molecule has 4 aliphatic rings. The van der Waals surface area contributed by atoms with Gasteiger partial charge >= 0.3 is 0 Å². The Morgan fingerprint density at radius 2 is 0.604 bits per heavy atom. The Balaban J connectivity index is 0.651. The van der Waals surface area contributed by atoms with Crippen LogP contribution in [0.5, 0.6) is 0 Å². The fourth-order valence-corrected chi connectivity index (χ4v) is 20.0. The molecule has 106 heavy (non-hydrogen) atoms. The molecule has 0 saturated carbocycles. The van der Waals surface area contributed by atoms with E-state index in [0.717, 1.165) is 99.5 Å². The zero-order chi connectivity index (χ0) is 69.1. The van der Waals surface area contributed by atoms with Gasteiger partial charge in [0, 0.05) is 45.1 Å². The maximum absolute atomic E-state index is 5.63. The topological polar surface area (TPSA) is 51.6 Å². The van der Waals surface area contributed by atoms with Gasteiger partial charge in [0.1, 0.15) is 0 Å². The normalized spacial score (nSPS) is 13.6. The summed E-state index contributed by atoms with van der Waals surface area (Å²) in [5, 5.41) is 14.1. The summed E-state index contributed by atoms with van der Waals surface area (Å²) in [6, 6.07) is 127. The first-order chi connectivity index (χ1) is 52.5. The summed E-state index contributed by atoms with van der Waals surface area (Å²) >= 11 is 0. The average molecular weight is 1340 g/mol. The molecule has 24 rings (SSSR count). The molecule has 16 aromatic carbocycles. The van der Waals surface area contributed by atoms with Crippen molar-refractivity contribution in [3.8, 4) is 100 Å². The molecule has 0 aliphatic heterocycles. The van der Waals surface area contributed by atoms with Crippen molar-refractivity contribution in [1.29, 1.82) is 0 Å². The van der Waals surface area contributed by atoms with E-state index in [1.165, 1.54) is 132 Å². The van der Waals surface area contributed by atoms with Crippen molar-refractivity contribution in [3.05, 3.63) is 397 Å². The fourth-order valence-electron chi connectivity index (χ4n) is 20.0. The van der Waals surface area contributed by atoms with E-state index >= 15 is 0 Å². The number of pyridine rings is 4. The third-order valence-electron chi connectivity index (χ3n) is 24.3. The maximum atomic E-state index is 5.63. The highest BCUT2D eigenvalue weighted by Crippen LogP contribution is 2.67. The molecule has 0 bridgehead atoms. The second-order valence-electron chi connectivity index (χ2n) is 29.3. The highest BCUT2D eigenvalue weighted by molar-refractivity contribution is 6.16. The van der Waals surface area contributed by atoms with Crippen LogP contribution in [0.1, 0.15) is 44.5 Å². The average Bonchev–Trinajstić information content (AvgIpc) is 1.50. The van der Waals surface area contributed by atoms with Crippen LogP contribution in [0, 0.1) is 0 Å². The fraction of sp³-hybridized carbons (Fsp3) is 0.0196. The third kappa shape index (κ3) is 7.65. The Kier molecular flexibility index (Phi) is 11.7. The molecule has 2 spiro atoms. The molecular formula is C102H58N4. The molecule has 0 N–H and O–H groups in total. The number of hydrogen-bond donors (Lipinski definition) is 0. The molecule has 4 aliphatic carbocycles. The predicted octanol–water partition coefficient (Wildman–Crippen LogP) is 25.5. The van der Waals surface area contributed by atoms with E-state index in [2.05, 4.69) is 328 Å². The Morgan fingerprint density at radius 3 is 1.24 bits per heavy atom. The molecule has 0 unspecified atom stereocenters. The van der Waals surface area contributed by atoms with Crippen molar-refractivity contribution >= 4 is 86.7 Å². The van der Waals surface area contributed by atoms with Gasteiger partial charge in [-0.25, -0.2) is 9.97 Å². The lowest BCUT2D eigenvalue weighted by Gasteiger charge is -2.31. The van der Waals surface area contributed by atoms with E-state index in [0.29, 0.717) is 0 Å². The van der Waals surface area contributed by atoms with E-state index in [4.69, 9.17) is 19.9 Å². The van der Waals surface area contributed by atoms with Gasteiger partial charge in [0.25, 0.3) is 0 Å². The van der Waals surface area contributed by atoms with Crippen LogP contribution in [0.3, 0.4) is 0 Å². The van der Waals surface area contributed by atoms with Gasteiger partial charge in [-0.1, -0.05) is 291 Å². The second-order valence-corrected chi connectivity index (χ2v) is 29.3. The molecule has 4 aromatic heterocycles. The number of aromatic nitrogens is 4. The van der Waals surface area contributed by atoms with Crippen LogP contribution in [-0.4, -0.2) is 19.9 Å². The summed E-state index contributed by atoms with van der Waals surface area (Å²) in [6.45, 7) is 0. The van der Waals surface area contributed by atoms with Gasteiger partial charge in [-0.3, -0.25) is 9.97 Å². The van der Waals surface area contributed by atoms with Crippen molar-refractivity contribution in [1.82, 2.24) is 19.9 Å².